The highest BCUT2D eigenvalue weighted by molar-refractivity contribution is 9.11. The van der Waals surface area contributed by atoms with Gasteiger partial charge in [-0.15, -0.1) is 11.3 Å². The molecule has 1 saturated heterocycles. The van der Waals surface area contributed by atoms with E-state index >= 15 is 0 Å². The van der Waals surface area contributed by atoms with Crippen LogP contribution in [-0.2, 0) is 13.2 Å². The van der Waals surface area contributed by atoms with E-state index in [0.29, 0.717) is 0 Å². The summed E-state index contributed by atoms with van der Waals surface area (Å²) in [4.78, 5) is 6.34. The van der Waals surface area contributed by atoms with E-state index < -0.39 is 0 Å². The monoisotopic (exact) mass is 449 g/mol. The molecule has 4 rings (SSSR count). The number of halogens is 1. The fraction of sp³-hybridized carbons (Fsp3) is 0.333. The molecule has 1 aliphatic heterocycles. The summed E-state index contributed by atoms with van der Waals surface area (Å²) in [7, 11) is 0. The van der Waals surface area contributed by atoms with Crippen LogP contribution in [0.15, 0.2) is 52.6 Å². The van der Waals surface area contributed by atoms with Crippen LogP contribution in [0.4, 0.5) is 0 Å². The highest BCUT2D eigenvalue weighted by atomic mass is 79.9. The standard InChI is InChI=1S/C18H20BrN5S2/c19-17-7-6-16(26-17)12-21-8-10-22(11-9-21)14-24-18(25)23(13-20-24)15-4-2-1-3-5-15/h1-7,13H,8-12,14H2. The van der Waals surface area contributed by atoms with Crippen molar-refractivity contribution in [3.05, 3.63) is 62.2 Å². The van der Waals surface area contributed by atoms with Gasteiger partial charge < -0.3 is 0 Å². The van der Waals surface area contributed by atoms with Gasteiger partial charge in [0.1, 0.15) is 6.33 Å². The van der Waals surface area contributed by atoms with E-state index in [1.165, 1.54) is 8.66 Å². The Hall–Kier alpha value is -1.32. The summed E-state index contributed by atoms with van der Waals surface area (Å²) in [6.07, 6.45) is 1.81. The second-order valence-corrected chi connectivity index (χ2v) is 9.27. The van der Waals surface area contributed by atoms with E-state index in [0.717, 1.165) is 49.9 Å². The second-order valence-electron chi connectivity index (χ2n) is 6.36. The number of nitrogens with zero attached hydrogens (tertiary/aromatic N) is 5. The highest BCUT2D eigenvalue weighted by Crippen LogP contribution is 2.23. The van der Waals surface area contributed by atoms with Crippen molar-refractivity contribution in [3.8, 4) is 5.69 Å². The largest absolute Gasteiger partial charge is 0.296 e. The van der Waals surface area contributed by atoms with E-state index in [2.05, 4.69) is 43.0 Å². The van der Waals surface area contributed by atoms with E-state index in [4.69, 9.17) is 12.2 Å². The van der Waals surface area contributed by atoms with Gasteiger partial charge in [0, 0.05) is 43.3 Å². The summed E-state index contributed by atoms with van der Waals surface area (Å²) >= 11 is 11.0. The molecule has 0 N–H and O–H groups in total. The average Bonchev–Trinajstić information content (AvgIpc) is 3.23. The lowest BCUT2D eigenvalue weighted by molar-refractivity contribution is 0.0987. The maximum absolute atomic E-state index is 5.61. The normalized spacial score (nSPS) is 16.2. The molecule has 5 nitrogen and oxygen atoms in total. The van der Waals surface area contributed by atoms with Crippen LogP contribution in [0.5, 0.6) is 0 Å². The number of thiophene rings is 1. The molecule has 0 amide bonds. The molecule has 0 radical (unpaired) electrons. The lowest BCUT2D eigenvalue weighted by Crippen LogP contribution is -2.46. The minimum atomic E-state index is 0.738. The predicted molar refractivity (Wildman–Crippen MR) is 111 cm³/mol. The molecule has 0 aliphatic carbocycles. The molecule has 0 unspecified atom stereocenters. The zero-order chi connectivity index (χ0) is 17.9. The molecule has 0 saturated carbocycles. The van der Waals surface area contributed by atoms with Crippen molar-refractivity contribution in [3.63, 3.8) is 0 Å². The third-order valence-corrected chi connectivity index (χ3v) is 6.59. The molecule has 3 aromatic rings. The fourth-order valence-electron chi connectivity index (χ4n) is 3.14. The number of rotatable bonds is 5. The van der Waals surface area contributed by atoms with Crippen molar-refractivity contribution in [1.29, 1.82) is 0 Å². The van der Waals surface area contributed by atoms with Gasteiger partial charge in [-0.2, -0.15) is 5.10 Å². The van der Waals surface area contributed by atoms with Crippen molar-refractivity contribution >= 4 is 39.5 Å². The quantitative estimate of drug-likeness (QED) is 0.550. The van der Waals surface area contributed by atoms with Crippen LogP contribution in [0.2, 0.25) is 0 Å². The molecule has 2 aromatic heterocycles. The van der Waals surface area contributed by atoms with Gasteiger partial charge in [-0.1, -0.05) is 18.2 Å². The van der Waals surface area contributed by atoms with Crippen LogP contribution in [0, 0.1) is 4.77 Å². The first-order chi connectivity index (χ1) is 12.7. The summed E-state index contributed by atoms with van der Waals surface area (Å²) < 4.78 is 5.81. The van der Waals surface area contributed by atoms with Crippen molar-refractivity contribution in [1.82, 2.24) is 24.1 Å². The van der Waals surface area contributed by atoms with Crippen LogP contribution in [-0.4, -0.2) is 50.3 Å². The summed E-state index contributed by atoms with van der Waals surface area (Å²) in [5, 5.41) is 4.49. The van der Waals surface area contributed by atoms with Gasteiger partial charge in [-0.3, -0.25) is 14.4 Å². The fourth-order valence-corrected chi connectivity index (χ4v) is 4.92. The molecule has 26 heavy (non-hydrogen) atoms. The Balaban J connectivity index is 1.35. The minimum Gasteiger partial charge on any atom is -0.296 e. The predicted octanol–water partition coefficient (Wildman–Crippen LogP) is 4.00. The molecule has 0 atom stereocenters. The molecule has 3 heterocycles. The number of hydrogen-bond donors (Lipinski definition) is 0. The Labute approximate surface area is 170 Å². The van der Waals surface area contributed by atoms with Gasteiger partial charge in [-0.05, 0) is 52.4 Å². The molecule has 0 bridgehead atoms. The Morgan fingerprint density at radius 1 is 1.00 bits per heavy atom. The third kappa shape index (κ3) is 4.15. The van der Waals surface area contributed by atoms with Crippen molar-refractivity contribution in [2.24, 2.45) is 0 Å². The van der Waals surface area contributed by atoms with Crippen LogP contribution in [0.25, 0.3) is 5.69 Å². The molecule has 136 valence electrons. The van der Waals surface area contributed by atoms with Gasteiger partial charge in [0.05, 0.1) is 10.5 Å². The van der Waals surface area contributed by atoms with Crippen LogP contribution < -0.4 is 0 Å². The van der Waals surface area contributed by atoms with Crippen LogP contribution >= 0.6 is 39.5 Å². The van der Waals surface area contributed by atoms with Crippen molar-refractivity contribution < 1.29 is 0 Å². The smallest absolute Gasteiger partial charge is 0.203 e. The molecule has 8 heteroatoms. The van der Waals surface area contributed by atoms with Crippen LogP contribution in [0.3, 0.4) is 0 Å². The van der Waals surface area contributed by atoms with Gasteiger partial charge >= 0.3 is 0 Å². The zero-order valence-electron chi connectivity index (χ0n) is 14.3. The lowest BCUT2D eigenvalue weighted by atomic mass is 10.3. The summed E-state index contributed by atoms with van der Waals surface area (Å²) in [5.74, 6) is 0. The molecular weight excluding hydrogens is 430 g/mol. The number of aromatic nitrogens is 3. The van der Waals surface area contributed by atoms with Crippen LogP contribution in [0.1, 0.15) is 4.88 Å². The van der Waals surface area contributed by atoms with E-state index in [-0.39, 0.29) is 0 Å². The average molecular weight is 450 g/mol. The summed E-state index contributed by atoms with van der Waals surface area (Å²) in [6.45, 7) is 5.99. The first-order valence-corrected chi connectivity index (χ1v) is 10.6. The lowest BCUT2D eigenvalue weighted by Gasteiger charge is -2.34. The topological polar surface area (TPSA) is 29.2 Å². The summed E-state index contributed by atoms with van der Waals surface area (Å²) in [5.41, 5.74) is 1.05. The van der Waals surface area contributed by atoms with E-state index in [1.54, 1.807) is 0 Å². The minimum absolute atomic E-state index is 0.738. The SMILES string of the molecule is S=c1n(-c2ccccc2)cnn1CN1CCN(Cc2ccc(Br)s2)CC1. The number of hydrogen-bond acceptors (Lipinski definition) is 5. The first kappa shape index (κ1) is 18.1. The zero-order valence-corrected chi connectivity index (χ0v) is 17.5. The van der Waals surface area contributed by atoms with E-state index in [9.17, 15) is 0 Å². The highest BCUT2D eigenvalue weighted by Gasteiger charge is 2.18. The Bertz CT molecular complexity index is 909. The number of para-hydroxylation sites is 1. The van der Waals surface area contributed by atoms with Gasteiger partial charge in [0.2, 0.25) is 4.77 Å². The van der Waals surface area contributed by atoms with Gasteiger partial charge in [-0.25, -0.2) is 4.68 Å². The van der Waals surface area contributed by atoms with Crippen molar-refractivity contribution in [2.45, 2.75) is 13.2 Å². The van der Waals surface area contributed by atoms with Crippen molar-refractivity contribution in [2.75, 3.05) is 26.2 Å². The maximum atomic E-state index is 5.61. The Kier molecular flexibility index (Phi) is 5.66. The molecule has 1 aliphatic rings. The first-order valence-electron chi connectivity index (χ1n) is 8.58. The molecule has 1 fully saturated rings. The Morgan fingerprint density at radius 3 is 2.42 bits per heavy atom. The Morgan fingerprint density at radius 2 is 1.73 bits per heavy atom. The molecular formula is C18H20BrN5S2. The maximum Gasteiger partial charge on any atom is 0.203 e. The number of benzene rings is 1. The van der Waals surface area contributed by atoms with Gasteiger partial charge in [0.25, 0.3) is 0 Å². The number of piperazine rings is 1. The van der Waals surface area contributed by atoms with Gasteiger partial charge in [0.15, 0.2) is 0 Å². The molecule has 1 aromatic carbocycles. The second kappa shape index (κ2) is 8.14. The third-order valence-electron chi connectivity index (χ3n) is 4.57. The van der Waals surface area contributed by atoms with E-state index in [1.807, 2.05) is 57.2 Å². The summed E-state index contributed by atoms with van der Waals surface area (Å²) in [6, 6.07) is 14.5. The molecule has 0 spiro atoms.